The van der Waals surface area contributed by atoms with Crippen LogP contribution >= 0.6 is 0 Å². The van der Waals surface area contributed by atoms with E-state index in [1.165, 1.54) is 50.7 Å². The maximum absolute atomic E-state index is 12.6. The highest BCUT2D eigenvalue weighted by atomic mass is 19.4. The molecule has 0 fully saturated rings. The van der Waals surface area contributed by atoms with Gasteiger partial charge in [0.15, 0.2) is 0 Å². The Morgan fingerprint density at radius 1 is 0.771 bits per heavy atom. The third kappa shape index (κ3) is 12.6. The minimum Gasteiger partial charge on any atom is -0.326 e. The summed E-state index contributed by atoms with van der Waals surface area (Å²) in [5.74, 6) is 0.0389. The average Bonchev–Trinajstić information content (AvgIpc) is 2.83. The van der Waals surface area contributed by atoms with Crippen LogP contribution in [-0.2, 0) is 24.1 Å². The van der Waals surface area contributed by atoms with Crippen molar-refractivity contribution in [1.82, 2.24) is 5.32 Å². The first kappa shape index (κ1) is 28.6. The van der Waals surface area contributed by atoms with E-state index in [1.54, 1.807) is 0 Å². The summed E-state index contributed by atoms with van der Waals surface area (Å²) in [6, 6.07) is 12.8. The molecule has 0 radical (unpaired) electrons. The number of benzene rings is 2. The second-order valence-corrected chi connectivity index (χ2v) is 8.96. The summed E-state index contributed by atoms with van der Waals surface area (Å²) in [6.45, 7) is 3.28. The number of alkyl halides is 3. The molecule has 2 rings (SSSR count). The van der Waals surface area contributed by atoms with E-state index in [0.717, 1.165) is 48.2 Å². The van der Waals surface area contributed by atoms with Gasteiger partial charge in [-0.25, -0.2) is 0 Å². The number of carbonyl (C=O) groups is 1. The zero-order chi connectivity index (χ0) is 25.4. The monoisotopic (exact) mass is 488 g/mol. The van der Waals surface area contributed by atoms with E-state index in [1.807, 2.05) is 24.3 Å². The molecule has 0 saturated carbocycles. The molecular weight excluding hydrogens is 449 g/mol. The van der Waals surface area contributed by atoms with Gasteiger partial charge in [-0.1, -0.05) is 75.4 Å². The van der Waals surface area contributed by atoms with Crippen molar-refractivity contribution in [3.05, 3.63) is 77.4 Å². The maximum Gasteiger partial charge on any atom is 0.416 e. The Bertz CT molecular complexity index is 874. The molecule has 0 unspecified atom stereocenters. The van der Waals surface area contributed by atoms with Gasteiger partial charge in [-0.2, -0.15) is 13.2 Å². The maximum atomic E-state index is 12.6. The van der Waals surface area contributed by atoms with Gasteiger partial charge in [-0.05, 0) is 61.1 Å². The Labute approximate surface area is 208 Å². The second kappa shape index (κ2) is 16.1. The van der Waals surface area contributed by atoms with Crippen molar-refractivity contribution in [2.75, 3.05) is 5.32 Å². The fraction of sp³-hybridized carbons (Fsp3) is 0.483. The van der Waals surface area contributed by atoms with Crippen LogP contribution in [0, 0.1) is 0 Å². The lowest BCUT2D eigenvalue weighted by Crippen LogP contribution is -2.14. The number of anilines is 1. The first-order chi connectivity index (χ1) is 16.9. The number of hydrogen-bond acceptors (Lipinski definition) is 2. The normalized spacial score (nSPS) is 11.8. The third-order valence-electron chi connectivity index (χ3n) is 5.84. The van der Waals surface area contributed by atoms with Crippen LogP contribution in [0.15, 0.2) is 60.7 Å². The Morgan fingerprint density at radius 2 is 1.31 bits per heavy atom. The molecule has 0 aliphatic rings. The molecule has 2 aromatic carbocycles. The van der Waals surface area contributed by atoms with E-state index in [9.17, 15) is 18.0 Å². The van der Waals surface area contributed by atoms with Crippen LogP contribution in [0.3, 0.4) is 0 Å². The van der Waals surface area contributed by atoms with Crippen LogP contribution < -0.4 is 10.6 Å². The van der Waals surface area contributed by atoms with E-state index < -0.39 is 11.7 Å². The molecule has 0 bridgehead atoms. The Balaban J connectivity index is 1.56. The van der Waals surface area contributed by atoms with Crippen molar-refractivity contribution >= 4 is 11.6 Å². The average molecular weight is 489 g/mol. The topological polar surface area (TPSA) is 41.1 Å². The molecule has 0 aromatic heterocycles. The van der Waals surface area contributed by atoms with E-state index in [-0.39, 0.29) is 5.91 Å². The van der Waals surface area contributed by atoms with Crippen LogP contribution in [0.5, 0.6) is 0 Å². The Morgan fingerprint density at radius 3 is 1.91 bits per heavy atom. The molecule has 0 aliphatic carbocycles. The van der Waals surface area contributed by atoms with Gasteiger partial charge < -0.3 is 10.6 Å². The summed E-state index contributed by atoms with van der Waals surface area (Å²) >= 11 is 0. The summed E-state index contributed by atoms with van der Waals surface area (Å²) in [6.07, 6.45) is 11.3. The predicted octanol–water partition coefficient (Wildman–Crippen LogP) is 8.41. The molecule has 0 aliphatic heterocycles. The summed E-state index contributed by atoms with van der Waals surface area (Å²) in [5.41, 5.74) is 1.97. The Hall–Kier alpha value is -2.60. The molecule has 0 saturated heterocycles. The molecule has 3 nitrogen and oxygen atoms in total. The molecule has 35 heavy (non-hydrogen) atoms. The molecule has 2 N–H and O–H groups in total. The quantitative estimate of drug-likeness (QED) is 0.184. The van der Waals surface area contributed by atoms with Gasteiger partial charge in [0.2, 0.25) is 5.91 Å². The SMILES string of the molecule is CCCC/C=C/CCCCCCCC(=O)Nc1ccc(CNCc2ccc(C(F)(F)F)cc2)cc1. The molecule has 6 heteroatoms. The van der Waals surface area contributed by atoms with Crippen LogP contribution in [0.25, 0.3) is 0 Å². The van der Waals surface area contributed by atoms with Crippen LogP contribution in [0.2, 0.25) is 0 Å². The molecule has 0 heterocycles. The van der Waals surface area contributed by atoms with Gasteiger partial charge in [-0.15, -0.1) is 0 Å². The van der Waals surface area contributed by atoms with Crippen LogP contribution in [0.4, 0.5) is 18.9 Å². The lowest BCUT2D eigenvalue weighted by atomic mass is 10.1. The van der Waals surface area contributed by atoms with E-state index >= 15 is 0 Å². The molecule has 2 aromatic rings. The number of hydrogen-bond donors (Lipinski definition) is 2. The van der Waals surface area contributed by atoms with Crippen molar-refractivity contribution in [2.24, 2.45) is 0 Å². The highest BCUT2D eigenvalue weighted by Gasteiger charge is 2.29. The number of amides is 1. The zero-order valence-electron chi connectivity index (χ0n) is 20.8. The van der Waals surface area contributed by atoms with Gasteiger partial charge in [0.1, 0.15) is 0 Å². The minimum absolute atomic E-state index is 0.0389. The summed E-state index contributed by atoms with van der Waals surface area (Å²) in [4.78, 5) is 12.2. The van der Waals surface area contributed by atoms with E-state index in [0.29, 0.717) is 19.5 Å². The largest absolute Gasteiger partial charge is 0.416 e. The van der Waals surface area contributed by atoms with Crippen molar-refractivity contribution in [1.29, 1.82) is 0 Å². The first-order valence-electron chi connectivity index (χ1n) is 12.8. The minimum atomic E-state index is -4.31. The van der Waals surface area contributed by atoms with Gasteiger partial charge in [0.25, 0.3) is 0 Å². The number of halogens is 3. The third-order valence-corrected chi connectivity index (χ3v) is 5.84. The van der Waals surface area contributed by atoms with Gasteiger partial charge in [0.05, 0.1) is 5.56 Å². The van der Waals surface area contributed by atoms with E-state index in [4.69, 9.17) is 0 Å². The number of nitrogens with one attached hydrogen (secondary N) is 2. The summed E-state index contributed by atoms with van der Waals surface area (Å²) in [5, 5.41) is 6.17. The lowest BCUT2D eigenvalue weighted by molar-refractivity contribution is -0.137. The fourth-order valence-corrected chi connectivity index (χ4v) is 3.73. The standard InChI is InChI=1S/C29H39F3N2O/c1-2-3-4-5-6-7-8-9-10-11-12-13-28(35)34-27-20-16-25(17-21-27)23-33-22-24-14-18-26(19-15-24)29(30,31)32/h5-6,14-21,33H,2-4,7-13,22-23H2,1H3,(H,34,35)/b6-5+. The van der Waals surface area contributed by atoms with Gasteiger partial charge in [-0.3, -0.25) is 4.79 Å². The van der Waals surface area contributed by atoms with Gasteiger partial charge >= 0.3 is 6.18 Å². The molecule has 0 atom stereocenters. The predicted molar refractivity (Wildman–Crippen MR) is 138 cm³/mol. The summed E-state index contributed by atoms with van der Waals surface area (Å²) < 4.78 is 37.9. The molecule has 1 amide bonds. The molecular formula is C29H39F3N2O. The number of rotatable bonds is 16. The lowest BCUT2D eigenvalue weighted by Gasteiger charge is -2.09. The highest BCUT2D eigenvalue weighted by molar-refractivity contribution is 5.90. The fourth-order valence-electron chi connectivity index (χ4n) is 3.73. The van der Waals surface area contributed by atoms with Crippen molar-refractivity contribution < 1.29 is 18.0 Å². The number of carbonyl (C=O) groups excluding carboxylic acids is 1. The first-order valence-corrected chi connectivity index (χ1v) is 12.8. The van der Waals surface area contributed by atoms with Crippen LogP contribution in [-0.4, -0.2) is 5.91 Å². The van der Waals surface area contributed by atoms with Crippen molar-refractivity contribution in [3.63, 3.8) is 0 Å². The zero-order valence-corrected chi connectivity index (χ0v) is 20.8. The summed E-state index contributed by atoms with van der Waals surface area (Å²) in [7, 11) is 0. The molecule has 192 valence electrons. The number of unbranched alkanes of at least 4 members (excludes halogenated alkanes) is 7. The van der Waals surface area contributed by atoms with E-state index in [2.05, 4.69) is 29.7 Å². The smallest absolute Gasteiger partial charge is 0.326 e. The Kier molecular flexibility index (Phi) is 13.2. The van der Waals surface area contributed by atoms with Crippen LogP contribution in [0.1, 0.15) is 87.8 Å². The van der Waals surface area contributed by atoms with Crippen molar-refractivity contribution in [3.8, 4) is 0 Å². The number of allylic oxidation sites excluding steroid dienone is 2. The second-order valence-electron chi connectivity index (χ2n) is 8.96. The molecule has 0 spiro atoms. The highest BCUT2D eigenvalue weighted by Crippen LogP contribution is 2.29. The van der Waals surface area contributed by atoms with Gasteiger partial charge in [0, 0.05) is 25.2 Å². The van der Waals surface area contributed by atoms with Crippen molar-refractivity contribution in [2.45, 2.75) is 90.4 Å².